The highest BCUT2D eigenvalue weighted by Gasteiger charge is 2.52. The molecule has 0 spiro atoms. The van der Waals surface area contributed by atoms with Crippen LogP contribution >= 0.6 is 15.9 Å². The number of carbonyl (C=O) groups excluding carboxylic acids is 2. The van der Waals surface area contributed by atoms with Crippen molar-refractivity contribution < 1.29 is 28.4 Å². The number of pyridine rings is 2. The van der Waals surface area contributed by atoms with Crippen LogP contribution in [0.4, 0.5) is 32.6 Å². The van der Waals surface area contributed by atoms with Crippen LogP contribution in [-0.4, -0.2) is 70.8 Å². The summed E-state index contributed by atoms with van der Waals surface area (Å²) in [6, 6.07) is 61.7. The molecule has 6 aromatic carbocycles. The SMILES string of the molecule is Brc1c(-c2ccccc2)nc2n1-c1cccnc1Nc1ccccc1-2.CC(C)(C)OC(=O)NC1(c2ccc(-c3c(-c4ccccc4)nc4n3-c3cccnc3Nc3ccccc3-4)cc2)CCC1.CC(C)(C)OC(=O)NC1(c2ccc(B3OC(C)(C)C(C)(C)O3)cc2)CCC1. The number of alkyl carbamates (subject to hydrolysis) is 2. The summed E-state index contributed by atoms with van der Waals surface area (Å²) >= 11 is 3.78. The number of halogens is 1. The number of benzene rings is 6. The van der Waals surface area contributed by atoms with Crippen LogP contribution in [0.1, 0.15) is 119 Å². The molecule has 1 saturated heterocycles. The molecule has 478 valence electrons. The van der Waals surface area contributed by atoms with Gasteiger partial charge >= 0.3 is 19.3 Å². The second-order valence-electron chi connectivity index (χ2n) is 27.6. The third-order valence-electron chi connectivity index (χ3n) is 18.3. The first-order valence-corrected chi connectivity index (χ1v) is 33.0. The van der Waals surface area contributed by atoms with Crippen molar-refractivity contribution in [3.8, 4) is 67.9 Å². The van der Waals surface area contributed by atoms with Gasteiger partial charge in [0.15, 0.2) is 11.6 Å². The molecule has 0 atom stereocenters. The lowest BCUT2D eigenvalue weighted by atomic mass is 9.70. The van der Waals surface area contributed by atoms with Gasteiger partial charge in [-0.15, -0.1) is 0 Å². The highest BCUT2D eigenvalue weighted by atomic mass is 79.9. The zero-order valence-corrected chi connectivity index (χ0v) is 56.4. The lowest BCUT2D eigenvalue weighted by molar-refractivity contribution is 0.00578. The average molecular weight is 1320 g/mol. The number of nitrogens with one attached hydrogen (secondary N) is 4. The molecule has 94 heavy (non-hydrogen) atoms. The van der Waals surface area contributed by atoms with Gasteiger partial charge in [0, 0.05) is 40.2 Å². The summed E-state index contributed by atoms with van der Waals surface area (Å²) in [5.74, 6) is 3.32. The fourth-order valence-corrected chi connectivity index (χ4v) is 13.2. The van der Waals surface area contributed by atoms with Crippen molar-refractivity contribution in [3.63, 3.8) is 0 Å². The molecule has 2 saturated carbocycles. The van der Waals surface area contributed by atoms with E-state index in [0.717, 1.165) is 151 Å². The Morgan fingerprint density at radius 3 is 1.38 bits per heavy atom. The van der Waals surface area contributed by atoms with Gasteiger partial charge in [-0.2, -0.15) is 0 Å². The van der Waals surface area contributed by atoms with E-state index in [4.69, 9.17) is 33.7 Å². The molecule has 3 aliphatic heterocycles. The first-order valence-electron chi connectivity index (χ1n) is 32.2. The molecule has 4 N–H and O–H groups in total. The number of para-hydroxylation sites is 2. The van der Waals surface area contributed by atoms with Crippen molar-refractivity contribution in [1.82, 2.24) is 39.7 Å². The monoisotopic (exact) mass is 1320 g/mol. The molecular weight excluding hydrogens is 1240 g/mol. The van der Waals surface area contributed by atoms with E-state index in [2.05, 4.69) is 164 Å². The van der Waals surface area contributed by atoms with E-state index in [1.807, 2.05) is 139 Å². The fourth-order valence-electron chi connectivity index (χ4n) is 12.6. The lowest BCUT2D eigenvalue weighted by Gasteiger charge is -2.43. The molecule has 7 heterocycles. The highest BCUT2D eigenvalue weighted by Crippen LogP contribution is 2.48. The van der Waals surface area contributed by atoms with Crippen molar-refractivity contribution in [3.05, 3.63) is 210 Å². The predicted molar refractivity (Wildman–Crippen MR) is 376 cm³/mol. The maximum Gasteiger partial charge on any atom is 0.494 e. The van der Waals surface area contributed by atoms with Crippen LogP contribution in [0.3, 0.4) is 0 Å². The zero-order chi connectivity index (χ0) is 65.8. The molecule has 3 fully saturated rings. The van der Waals surface area contributed by atoms with Crippen LogP contribution < -0.4 is 26.7 Å². The number of amides is 2. The molecule has 16 nitrogen and oxygen atoms in total. The fraction of sp³-hybridized carbons (Fsp3) is 0.289. The van der Waals surface area contributed by atoms with Gasteiger partial charge in [-0.1, -0.05) is 133 Å². The Hall–Kier alpha value is -9.36. The Morgan fingerprint density at radius 2 is 0.926 bits per heavy atom. The molecule has 10 aromatic rings. The van der Waals surface area contributed by atoms with Crippen LogP contribution in [-0.2, 0) is 29.9 Å². The van der Waals surface area contributed by atoms with Gasteiger partial charge in [0.1, 0.15) is 33.1 Å². The highest BCUT2D eigenvalue weighted by molar-refractivity contribution is 9.10. The van der Waals surface area contributed by atoms with Gasteiger partial charge in [-0.05, 0) is 189 Å². The Morgan fingerprint density at radius 1 is 0.511 bits per heavy atom. The normalized spacial score (nSPS) is 16.3. The minimum absolute atomic E-state index is 0.337. The zero-order valence-electron chi connectivity index (χ0n) is 54.8. The maximum atomic E-state index is 12.7. The number of nitrogens with zero attached hydrogens (tertiary/aromatic N) is 6. The Labute approximate surface area is 558 Å². The first kappa shape index (κ1) is 63.4. The summed E-state index contributed by atoms with van der Waals surface area (Å²) in [6.07, 6.45) is 8.60. The van der Waals surface area contributed by atoms with Crippen molar-refractivity contribution in [1.29, 1.82) is 0 Å². The molecule has 0 unspecified atom stereocenters. The minimum Gasteiger partial charge on any atom is -0.444 e. The quantitative estimate of drug-likeness (QED) is 0.106. The molecule has 5 aliphatic rings. The van der Waals surface area contributed by atoms with E-state index >= 15 is 0 Å². The van der Waals surface area contributed by atoms with E-state index in [0.29, 0.717) is 0 Å². The number of imidazole rings is 2. The average Bonchev–Trinajstić information content (AvgIpc) is 1.56. The molecule has 2 amide bonds. The molecule has 2 aliphatic carbocycles. The van der Waals surface area contributed by atoms with E-state index < -0.39 is 16.7 Å². The van der Waals surface area contributed by atoms with Crippen LogP contribution in [0.15, 0.2) is 199 Å². The van der Waals surface area contributed by atoms with E-state index in [1.165, 1.54) is 0 Å². The largest absolute Gasteiger partial charge is 0.494 e. The van der Waals surface area contributed by atoms with Gasteiger partial charge in [0.05, 0.1) is 56.4 Å². The summed E-state index contributed by atoms with van der Waals surface area (Å²) in [5.41, 5.74) is 12.5. The first-order chi connectivity index (χ1) is 45.0. The molecule has 0 bridgehead atoms. The number of hydrogen-bond donors (Lipinski definition) is 4. The number of aromatic nitrogens is 6. The standard InChI is InChI=1S/C35H33N5O2.C21H32BNO4.C20H13BrN4/c1-34(2,3)42-33(41)39-35(20-10-21-35)25-18-16-24(17-19-25)30-29(23-11-5-4-6-12-23)38-32-26-13-7-8-14-27(26)37-31-28(40(30)32)15-9-22-36-31;1-18(2,3)25-17(24)23-21(13-8-14-21)15-9-11-16(12-10-15)22-26-19(4,5)20(6,7)27-22;21-18-17(13-7-2-1-3-8-13)24-20-14-9-4-5-10-15(14)23-19-16(25(18)20)11-6-12-22-19/h4-9,11-19,22H,10,20-21H2,1-3H3,(H,36,37)(H,39,41);9-12H,8,13-14H2,1-7H3,(H,23,24);1-12H,(H,22,23). The second-order valence-corrected chi connectivity index (χ2v) is 28.4. The Balaban J connectivity index is 0.000000134. The van der Waals surface area contributed by atoms with E-state index in [1.54, 1.807) is 12.4 Å². The van der Waals surface area contributed by atoms with E-state index in [-0.39, 0.29) is 36.0 Å². The third-order valence-corrected chi connectivity index (χ3v) is 19.0. The van der Waals surface area contributed by atoms with Gasteiger partial charge in [-0.25, -0.2) is 29.5 Å². The van der Waals surface area contributed by atoms with Gasteiger partial charge < -0.3 is 40.0 Å². The number of anilines is 4. The Kier molecular flexibility index (Phi) is 16.8. The van der Waals surface area contributed by atoms with E-state index in [9.17, 15) is 9.59 Å². The van der Waals surface area contributed by atoms with Gasteiger partial charge in [0.25, 0.3) is 0 Å². The number of carbonyl (C=O) groups is 2. The molecule has 15 rings (SSSR count). The summed E-state index contributed by atoms with van der Waals surface area (Å²) in [5, 5.41) is 13.2. The van der Waals surface area contributed by atoms with Crippen molar-refractivity contribution >= 4 is 63.7 Å². The van der Waals surface area contributed by atoms with Crippen molar-refractivity contribution in [2.45, 2.75) is 141 Å². The maximum absolute atomic E-state index is 12.7. The Bertz CT molecular complexity index is 4420. The molecule has 18 heteroatoms. The second kappa shape index (κ2) is 24.8. The summed E-state index contributed by atoms with van der Waals surface area (Å²) < 4.78 is 28.6. The smallest absolute Gasteiger partial charge is 0.444 e. The summed E-state index contributed by atoms with van der Waals surface area (Å²) in [7, 11) is -0.375. The van der Waals surface area contributed by atoms with Crippen molar-refractivity contribution in [2.24, 2.45) is 0 Å². The van der Waals surface area contributed by atoms with Crippen LogP contribution in [0.5, 0.6) is 0 Å². The molecular formula is C76H78BBrN10O6. The topological polar surface area (TPSA) is 181 Å². The summed E-state index contributed by atoms with van der Waals surface area (Å²) in [6.45, 7) is 19.5. The minimum atomic E-state index is -0.550. The number of ether oxygens (including phenoxy) is 2. The van der Waals surface area contributed by atoms with Crippen LogP contribution in [0.25, 0.3) is 67.9 Å². The number of hydrogen-bond acceptors (Lipinski definition) is 12. The van der Waals surface area contributed by atoms with Gasteiger partial charge in [0.2, 0.25) is 0 Å². The van der Waals surface area contributed by atoms with Crippen LogP contribution in [0.2, 0.25) is 0 Å². The van der Waals surface area contributed by atoms with Gasteiger partial charge in [-0.3, -0.25) is 9.13 Å². The van der Waals surface area contributed by atoms with Crippen LogP contribution in [0, 0.1) is 0 Å². The van der Waals surface area contributed by atoms with Crippen molar-refractivity contribution in [2.75, 3.05) is 10.6 Å². The summed E-state index contributed by atoms with van der Waals surface area (Å²) in [4.78, 5) is 44.5. The lowest BCUT2D eigenvalue weighted by Crippen LogP contribution is -2.52. The predicted octanol–water partition coefficient (Wildman–Crippen LogP) is 17.5. The molecule has 4 aromatic heterocycles. The number of fused-ring (bicyclic) bond motifs is 10. The molecule has 0 radical (unpaired) electrons. The number of rotatable bonds is 8. The third kappa shape index (κ3) is 12.5.